The summed E-state index contributed by atoms with van der Waals surface area (Å²) in [6.07, 6.45) is 1.63. The second-order valence-corrected chi connectivity index (χ2v) is 3.69. The second kappa shape index (κ2) is 8.08. The quantitative estimate of drug-likeness (QED) is 0.479. The normalized spacial score (nSPS) is 11.3. The van der Waals surface area contributed by atoms with Crippen molar-refractivity contribution in [2.24, 2.45) is 4.99 Å². The molecule has 0 aliphatic heterocycles. The third kappa shape index (κ3) is 4.83. The molecule has 0 saturated carbocycles. The Kier molecular flexibility index (Phi) is 6.42. The Morgan fingerprint density at radius 1 is 1.45 bits per heavy atom. The summed E-state index contributed by atoms with van der Waals surface area (Å²) in [6.45, 7) is 0.965. The van der Waals surface area contributed by atoms with Crippen molar-refractivity contribution in [3.63, 3.8) is 0 Å². The maximum absolute atomic E-state index is 13.7. The van der Waals surface area contributed by atoms with E-state index < -0.39 is 12.4 Å². The standard InChI is InChI=1S/C13H16F3N3O/c1-3-7-18-13(17-2)19-8-9-10(14)5-4-6-11(9)20-12(15)16/h3-6,12H,1,7-8H2,2H3,(H2,17,18,19). The molecule has 20 heavy (non-hydrogen) atoms. The van der Waals surface area contributed by atoms with Crippen molar-refractivity contribution in [3.05, 3.63) is 42.2 Å². The molecule has 0 bridgehead atoms. The summed E-state index contributed by atoms with van der Waals surface area (Å²) in [7, 11) is 1.54. The Morgan fingerprint density at radius 3 is 2.80 bits per heavy atom. The minimum absolute atomic E-state index is 0.00866. The Balaban J connectivity index is 2.77. The van der Waals surface area contributed by atoms with E-state index in [1.807, 2.05) is 0 Å². The van der Waals surface area contributed by atoms with Crippen LogP contribution in [0, 0.1) is 5.82 Å². The lowest BCUT2D eigenvalue weighted by atomic mass is 10.2. The highest BCUT2D eigenvalue weighted by atomic mass is 19.3. The third-order valence-electron chi connectivity index (χ3n) is 2.36. The summed E-state index contributed by atoms with van der Waals surface area (Å²) in [5.41, 5.74) is 0.00866. The average Bonchev–Trinajstić information content (AvgIpc) is 2.40. The summed E-state index contributed by atoms with van der Waals surface area (Å²) in [5, 5.41) is 5.68. The van der Waals surface area contributed by atoms with Crippen molar-refractivity contribution < 1.29 is 17.9 Å². The Hall–Kier alpha value is -2.18. The number of hydrogen-bond acceptors (Lipinski definition) is 2. The van der Waals surface area contributed by atoms with E-state index in [9.17, 15) is 13.2 Å². The van der Waals surface area contributed by atoms with Gasteiger partial charge in [0.05, 0.1) is 0 Å². The van der Waals surface area contributed by atoms with Crippen LogP contribution in [0.2, 0.25) is 0 Å². The molecule has 0 spiro atoms. The van der Waals surface area contributed by atoms with Gasteiger partial charge >= 0.3 is 6.61 Å². The maximum Gasteiger partial charge on any atom is 0.387 e. The third-order valence-corrected chi connectivity index (χ3v) is 2.36. The molecule has 0 atom stereocenters. The van der Waals surface area contributed by atoms with Crippen LogP contribution in [0.1, 0.15) is 5.56 Å². The van der Waals surface area contributed by atoms with E-state index in [0.717, 1.165) is 0 Å². The van der Waals surface area contributed by atoms with Crippen LogP contribution in [0.25, 0.3) is 0 Å². The minimum atomic E-state index is -3.01. The molecule has 1 aromatic carbocycles. The highest BCUT2D eigenvalue weighted by Gasteiger charge is 2.13. The smallest absolute Gasteiger partial charge is 0.387 e. The predicted molar refractivity (Wildman–Crippen MR) is 71.4 cm³/mol. The van der Waals surface area contributed by atoms with Crippen LogP contribution in [0.4, 0.5) is 13.2 Å². The molecule has 1 aromatic rings. The Morgan fingerprint density at radius 2 is 2.20 bits per heavy atom. The zero-order valence-electron chi connectivity index (χ0n) is 11.0. The van der Waals surface area contributed by atoms with Crippen molar-refractivity contribution in [3.8, 4) is 5.75 Å². The first-order valence-electron chi connectivity index (χ1n) is 5.86. The molecule has 0 fully saturated rings. The summed E-state index contributed by atoms with van der Waals surface area (Å²) >= 11 is 0. The first kappa shape index (κ1) is 15.9. The molecule has 7 heteroatoms. The van der Waals surface area contributed by atoms with Crippen molar-refractivity contribution in [1.29, 1.82) is 0 Å². The fourth-order valence-electron chi connectivity index (χ4n) is 1.48. The van der Waals surface area contributed by atoms with E-state index in [4.69, 9.17) is 0 Å². The molecule has 0 unspecified atom stereocenters. The average molecular weight is 287 g/mol. The fraction of sp³-hybridized carbons (Fsp3) is 0.308. The summed E-state index contributed by atoms with van der Waals surface area (Å²) in [6, 6.07) is 3.77. The van der Waals surface area contributed by atoms with Gasteiger partial charge in [-0.25, -0.2) is 4.39 Å². The first-order chi connectivity index (χ1) is 9.58. The van der Waals surface area contributed by atoms with Crippen molar-refractivity contribution in [2.45, 2.75) is 13.2 Å². The van der Waals surface area contributed by atoms with Gasteiger partial charge in [0, 0.05) is 25.7 Å². The van der Waals surface area contributed by atoms with Crippen LogP contribution in [-0.4, -0.2) is 26.2 Å². The van der Waals surface area contributed by atoms with E-state index in [1.165, 1.54) is 25.2 Å². The largest absolute Gasteiger partial charge is 0.434 e. The van der Waals surface area contributed by atoms with Crippen molar-refractivity contribution >= 4 is 5.96 Å². The van der Waals surface area contributed by atoms with Gasteiger partial charge in [-0.2, -0.15) is 8.78 Å². The van der Waals surface area contributed by atoms with Crippen molar-refractivity contribution in [2.75, 3.05) is 13.6 Å². The van der Waals surface area contributed by atoms with Crippen molar-refractivity contribution in [1.82, 2.24) is 10.6 Å². The lowest BCUT2D eigenvalue weighted by molar-refractivity contribution is -0.0506. The predicted octanol–water partition coefficient (Wildman–Crippen LogP) is 2.28. The molecular weight excluding hydrogens is 271 g/mol. The van der Waals surface area contributed by atoms with Gasteiger partial charge in [0.15, 0.2) is 5.96 Å². The maximum atomic E-state index is 13.7. The number of aliphatic imine (C=N–C) groups is 1. The topological polar surface area (TPSA) is 45.7 Å². The van der Waals surface area contributed by atoms with Gasteiger partial charge in [-0.3, -0.25) is 4.99 Å². The molecule has 110 valence electrons. The number of nitrogens with zero attached hydrogens (tertiary/aromatic N) is 1. The molecule has 0 saturated heterocycles. The molecule has 4 nitrogen and oxygen atoms in total. The van der Waals surface area contributed by atoms with Crippen LogP contribution < -0.4 is 15.4 Å². The summed E-state index contributed by atoms with van der Waals surface area (Å²) in [4.78, 5) is 3.90. The molecule has 0 heterocycles. The van der Waals surface area contributed by atoms with E-state index in [0.29, 0.717) is 12.5 Å². The minimum Gasteiger partial charge on any atom is -0.434 e. The number of nitrogens with one attached hydrogen (secondary N) is 2. The highest BCUT2D eigenvalue weighted by molar-refractivity contribution is 5.79. The number of halogens is 3. The molecule has 0 amide bonds. The highest BCUT2D eigenvalue weighted by Crippen LogP contribution is 2.23. The molecule has 0 aromatic heterocycles. The lowest BCUT2D eigenvalue weighted by Crippen LogP contribution is -2.37. The van der Waals surface area contributed by atoms with E-state index in [-0.39, 0.29) is 17.9 Å². The van der Waals surface area contributed by atoms with Gasteiger partial charge in [0.1, 0.15) is 11.6 Å². The number of ether oxygens (including phenoxy) is 1. The zero-order valence-corrected chi connectivity index (χ0v) is 11.0. The van der Waals surface area contributed by atoms with Crippen LogP contribution in [0.3, 0.4) is 0 Å². The van der Waals surface area contributed by atoms with Gasteiger partial charge < -0.3 is 15.4 Å². The van der Waals surface area contributed by atoms with Gasteiger partial charge in [0.2, 0.25) is 0 Å². The summed E-state index contributed by atoms with van der Waals surface area (Å²) in [5.74, 6) is -0.433. The van der Waals surface area contributed by atoms with E-state index in [2.05, 4.69) is 26.9 Å². The molecule has 0 radical (unpaired) electrons. The monoisotopic (exact) mass is 287 g/mol. The number of guanidine groups is 1. The zero-order chi connectivity index (χ0) is 15.0. The molecule has 0 aliphatic rings. The van der Waals surface area contributed by atoms with E-state index in [1.54, 1.807) is 6.08 Å². The fourth-order valence-corrected chi connectivity index (χ4v) is 1.48. The first-order valence-corrected chi connectivity index (χ1v) is 5.86. The molecule has 0 aliphatic carbocycles. The van der Waals surface area contributed by atoms with Crippen LogP contribution in [-0.2, 0) is 6.54 Å². The van der Waals surface area contributed by atoms with Crippen LogP contribution in [0.5, 0.6) is 5.75 Å². The number of benzene rings is 1. The van der Waals surface area contributed by atoms with Gasteiger partial charge in [-0.1, -0.05) is 12.1 Å². The number of hydrogen-bond donors (Lipinski definition) is 2. The Bertz CT molecular complexity index is 478. The number of alkyl halides is 2. The van der Waals surface area contributed by atoms with Gasteiger partial charge in [-0.15, -0.1) is 6.58 Å². The molecular formula is C13H16F3N3O. The van der Waals surface area contributed by atoms with Crippen LogP contribution in [0.15, 0.2) is 35.8 Å². The van der Waals surface area contributed by atoms with E-state index >= 15 is 0 Å². The molecule has 2 N–H and O–H groups in total. The van der Waals surface area contributed by atoms with Crippen LogP contribution >= 0.6 is 0 Å². The lowest BCUT2D eigenvalue weighted by Gasteiger charge is -2.14. The number of rotatable bonds is 6. The summed E-state index contributed by atoms with van der Waals surface area (Å²) < 4.78 is 42.5. The van der Waals surface area contributed by atoms with Gasteiger partial charge in [-0.05, 0) is 12.1 Å². The second-order valence-electron chi connectivity index (χ2n) is 3.69. The SMILES string of the molecule is C=CCNC(=NC)NCc1c(F)cccc1OC(F)F. The Labute approximate surface area is 115 Å². The van der Waals surface area contributed by atoms with Gasteiger partial charge in [0.25, 0.3) is 0 Å². The molecule has 1 rings (SSSR count).